The topological polar surface area (TPSA) is 16.1 Å². The number of fused-ring (bicyclic) bond motifs is 4. The van der Waals surface area contributed by atoms with Gasteiger partial charge in [0.15, 0.2) is 0 Å². The van der Waals surface area contributed by atoms with Crippen LogP contribution in [0.1, 0.15) is 5.56 Å². The maximum atomic E-state index is 4.43. The molecule has 0 spiro atoms. The molecule has 0 atom stereocenters. The second kappa shape index (κ2) is 12.2. The smallest absolute Gasteiger partial charge is 0.0644 e. The zero-order chi connectivity index (χ0) is 34.6. The van der Waals surface area contributed by atoms with Crippen LogP contribution in [-0.2, 0) is 0 Å². The highest BCUT2D eigenvalue weighted by atomic mass is 15.1. The molecule has 0 amide bonds. The molecule has 0 fully saturated rings. The van der Waals surface area contributed by atoms with Gasteiger partial charge in [-0.2, -0.15) is 0 Å². The molecule has 0 aliphatic heterocycles. The Kier molecular flexibility index (Phi) is 7.07. The minimum atomic E-state index is 1.02. The summed E-state index contributed by atoms with van der Waals surface area (Å²) in [5.74, 6) is 0. The minimum Gasteiger partial charge on any atom is -0.309 e. The second-order valence-corrected chi connectivity index (χ2v) is 13.6. The fraction of sp³-hybridized carbons (Fsp3) is 0.0200. The molecular weight excluding hydrogens is 629 g/mol. The van der Waals surface area contributed by atoms with E-state index in [2.05, 4.69) is 187 Å². The Hall–Kier alpha value is -6.77. The summed E-state index contributed by atoms with van der Waals surface area (Å²) < 4.78 is 0. The van der Waals surface area contributed by atoms with Gasteiger partial charge in [0.2, 0.25) is 0 Å². The van der Waals surface area contributed by atoms with E-state index >= 15 is 0 Å². The number of para-hydroxylation sites is 1. The first-order chi connectivity index (χ1) is 25.7. The van der Waals surface area contributed by atoms with Gasteiger partial charge in [-0.1, -0.05) is 139 Å². The van der Waals surface area contributed by atoms with E-state index in [4.69, 9.17) is 0 Å². The van der Waals surface area contributed by atoms with Crippen molar-refractivity contribution >= 4 is 38.6 Å². The molecule has 0 unspecified atom stereocenters. The Balaban J connectivity index is 1.22. The molecule has 1 aliphatic carbocycles. The largest absolute Gasteiger partial charge is 0.309 e. The molecule has 8 aromatic carbocycles. The molecule has 52 heavy (non-hydrogen) atoms. The Morgan fingerprint density at radius 3 is 1.71 bits per heavy atom. The lowest BCUT2D eigenvalue weighted by atomic mass is 9.81. The molecule has 10 rings (SSSR count). The van der Waals surface area contributed by atoms with Crippen LogP contribution in [0.4, 0.5) is 17.1 Å². The Bertz CT molecular complexity index is 2720. The summed E-state index contributed by atoms with van der Waals surface area (Å²) in [7, 11) is 0. The van der Waals surface area contributed by atoms with Crippen LogP contribution in [0.25, 0.3) is 77.2 Å². The third-order valence-corrected chi connectivity index (χ3v) is 10.5. The normalized spacial score (nSPS) is 11.6. The van der Waals surface area contributed by atoms with Crippen LogP contribution in [-0.4, -0.2) is 4.98 Å². The highest BCUT2D eigenvalue weighted by Gasteiger charge is 2.30. The number of rotatable bonds is 6. The fourth-order valence-corrected chi connectivity index (χ4v) is 8.28. The Labute approximate surface area is 303 Å². The lowest BCUT2D eigenvalue weighted by Crippen LogP contribution is -2.09. The highest BCUT2D eigenvalue weighted by molar-refractivity contribution is 6.27. The van der Waals surface area contributed by atoms with Gasteiger partial charge in [-0.15, -0.1) is 0 Å². The first kappa shape index (κ1) is 30.1. The number of hydrogen-bond acceptors (Lipinski definition) is 2. The van der Waals surface area contributed by atoms with Crippen LogP contribution >= 0.6 is 0 Å². The lowest BCUT2D eigenvalue weighted by Gasteiger charge is -2.25. The van der Waals surface area contributed by atoms with Gasteiger partial charge in [-0.3, -0.25) is 4.98 Å². The summed E-state index contributed by atoms with van der Waals surface area (Å²) in [5, 5.41) is 5.14. The fourth-order valence-electron chi connectivity index (χ4n) is 8.28. The molecule has 0 radical (unpaired) electrons. The van der Waals surface area contributed by atoms with Crippen molar-refractivity contribution in [3.8, 4) is 55.6 Å². The predicted octanol–water partition coefficient (Wildman–Crippen LogP) is 13.8. The monoisotopic (exact) mass is 662 g/mol. The average Bonchev–Trinajstić information content (AvgIpc) is 3.53. The SMILES string of the molecule is Cc1cccc(-c2c3c(c(-c4ccccc4)c4ccc(-c5ccc(N(c6ccccc6)c6cccnc6)cc5)cc24)-c2cccc4cccc-3c24)c1. The van der Waals surface area contributed by atoms with Crippen LogP contribution < -0.4 is 4.90 Å². The first-order valence-corrected chi connectivity index (χ1v) is 17.9. The van der Waals surface area contributed by atoms with Crippen molar-refractivity contribution in [2.75, 3.05) is 4.90 Å². The molecule has 1 aromatic heterocycles. The van der Waals surface area contributed by atoms with E-state index < -0.39 is 0 Å². The lowest BCUT2D eigenvalue weighted by molar-refractivity contribution is 1.23. The van der Waals surface area contributed by atoms with Crippen LogP contribution in [0.3, 0.4) is 0 Å². The number of hydrogen-bond donors (Lipinski definition) is 0. The summed E-state index contributed by atoms with van der Waals surface area (Å²) in [6, 6.07) is 64.1. The van der Waals surface area contributed by atoms with Crippen molar-refractivity contribution in [1.29, 1.82) is 0 Å². The summed E-state index contributed by atoms with van der Waals surface area (Å²) in [4.78, 5) is 6.68. The number of nitrogens with zero attached hydrogens (tertiary/aromatic N) is 2. The van der Waals surface area contributed by atoms with Crippen molar-refractivity contribution in [3.05, 3.63) is 194 Å². The number of pyridine rings is 1. The van der Waals surface area contributed by atoms with Crippen molar-refractivity contribution in [2.24, 2.45) is 0 Å². The highest BCUT2D eigenvalue weighted by Crippen LogP contribution is 2.58. The number of anilines is 3. The molecule has 9 aromatic rings. The predicted molar refractivity (Wildman–Crippen MR) is 219 cm³/mol. The molecule has 0 saturated carbocycles. The number of benzene rings is 8. The number of aromatic nitrogens is 1. The van der Waals surface area contributed by atoms with E-state index in [1.165, 1.54) is 82.7 Å². The van der Waals surface area contributed by atoms with E-state index in [0.717, 1.165) is 17.1 Å². The molecule has 0 N–H and O–H groups in total. The van der Waals surface area contributed by atoms with E-state index in [0.29, 0.717) is 0 Å². The molecule has 1 heterocycles. The average molecular weight is 663 g/mol. The van der Waals surface area contributed by atoms with Gasteiger partial charge in [-0.05, 0) is 127 Å². The van der Waals surface area contributed by atoms with Gasteiger partial charge in [0, 0.05) is 17.6 Å². The zero-order valence-corrected chi connectivity index (χ0v) is 28.8. The third kappa shape index (κ3) is 4.84. The summed E-state index contributed by atoms with van der Waals surface area (Å²) in [6.45, 7) is 2.19. The van der Waals surface area contributed by atoms with Crippen molar-refractivity contribution in [3.63, 3.8) is 0 Å². The molecular formula is C50H34N2. The molecule has 0 bridgehead atoms. The zero-order valence-electron chi connectivity index (χ0n) is 28.8. The molecule has 2 nitrogen and oxygen atoms in total. The van der Waals surface area contributed by atoms with Gasteiger partial charge in [0.1, 0.15) is 0 Å². The number of aryl methyl sites for hydroxylation is 1. The second-order valence-electron chi connectivity index (χ2n) is 13.6. The first-order valence-electron chi connectivity index (χ1n) is 17.9. The van der Waals surface area contributed by atoms with Crippen molar-refractivity contribution in [2.45, 2.75) is 6.92 Å². The van der Waals surface area contributed by atoms with Crippen LogP contribution in [0.5, 0.6) is 0 Å². The van der Waals surface area contributed by atoms with Crippen molar-refractivity contribution < 1.29 is 0 Å². The maximum absolute atomic E-state index is 4.43. The third-order valence-electron chi connectivity index (χ3n) is 10.5. The molecule has 1 aliphatic rings. The van der Waals surface area contributed by atoms with E-state index in [1.807, 2.05) is 18.5 Å². The van der Waals surface area contributed by atoms with Gasteiger partial charge < -0.3 is 4.90 Å². The van der Waals surface area contributed by atoms with Crippen molar-refractivity contribution in [1.82, 2.24) is 4.98 Å². The standard InChI is InChI=1S/C50H34N2/c1-33-12-8-17-38(30-33)48-45-31-37(34-23-26-40(27-24-34)52(39-18-6-3-7-19-39)41-20-11-29-51-32-41)25-28-42(45)47(36-13-4-2-5-14-36)49-43-21-9-15-35-16-10-22-44(46(35)43)50(48)49/h2-32H,1H3. The quantitative estimate of drug-likeness (QED) is 0.176. The summed E-state index contributed by atoms with van der Waals surface area (Å²) in [5.41, 5.74) is 17.2. The Morgan fingerprint density at radius 1 is 0.404 bits per heavy atom. The van der Waals surface area contributed by atoms with Gasteiger partial charge >= 0.3 is 0 Å². The molecule has 244 valence electrons. The van der Waals surface area contributed by atoms with Crippen LogP contribution in [0.2, 0.25) is 0 Å². The van der Waals surface area contributed by atoms with Crippen LogP contribution in [0.15, 0.2) is 188 Å². The maximum Gasteiger partial charge on any atom is 0.0644 e. The minimum absolute atomic E-state index is 1.02. The molecule has 0 saturated heterocycles. The Morgan fingerprint density at radius 2 is 1.02 bits per heavy atom. The summed E-state index contributed by atoms with van der Waals surface area (Å²) in [6.07, 6.45) is 3.73. The van der Waals surface area contributed by atoms with E-state index in [1.54, 1.807) is 0 Å². The van der Waals surface area contributed by atoms with E-state index in [9.17, 15) is 0 Å². The van der Waals surface area contributed by atoms with Gasteiger partial charge in [-0.25, -0.2) is 0 Å². The van der Waals surface area contributed by atoms with E-state index in [-0.39, 0.29) is 0 Å². The van der Waals surface area contributed by atoms with Gasteiger partial charge in [0.25, 0.3) is 0 Å². The molecule has 2 heteroatoms. The van der Waals surface area contributed by atoms with Crippen LogP contribution in [0, 0.1) is 6.92 Å². The summed E-state index contributed by atoms with van der Waals surface area (Å²) >= 11 is 0. The van der Waals surface area contributed by atoms with Gasteiger partial charge in [0.05, 0.1) is 11.9 Å².